The smallest absolute Gasteiger partial charge is 0.321 e. The predicted octanol–water partition coefficient (Wildman–Crippen LogP) is 0.878. The summed E-state index contributed by atoms with van der Waals surface area (Å²) >= 11 is 1.67. The Bertz CT molecular complexity index is 203. The van der Waals surface area contributed by atoms with Gasteiger partial charge in [0.2, 0.25) is 0 Å². The lowest BCUT2D eigenvalue weighted by Crippen LogP contribution is -2.41. The summed E-state index contributed by atoms with van der Waals surface area (Å²) < 4.78 is 0. The quantitative estimate of drug-likeness (QED) is 0.712. The molecule has 1 aliphatic heterocycles. The van der Waals surface area contributed by atoms with Crippen LogP contribution in [0.25, 0.3) is 0 Å². The predicted molar refractivity (Wildman–Crippen MR) is 50.2 cm³/mol. The summed E-state index contributed by atoms with van der Waals surface area (Å²) in [5, 5.41) is 10.9. The fraction of sp³-hybridized carbons (Fsp3) is 0.625. The molecular weight excluding hydrogens is 174 g/mol. The van der Waals surface area contributed by atoms with Crippen molar-refractivity contribution in [3.63, 3.8) is 0 Å². The summed E-state index contributed by atoms with van der Waals surface area (Å²) in [6.45, 7) is 0. The minimum Gasteiger partial charge on any atom is -0.480 e. The second kappa shape index (κ2) is 3.96. The van der Waals surface area contributed by atoms with E-state index >= 15 is 0 Å². The Morgan fingerprint density at radius 1 is 1.75 bits per heavy atom. The van der Waals surface area contributed by atoms with Crippen LogP contribution in [0, 0.1) is 5.92 Å². The molecule has 12 heavy (non-hydrogen) atoms. The van der Waals surface area contributed by atoms with E-state index in [2.05, 4.69) is 0 Å². The molecule has 0 saturated heterocycles. The van der Waals surface area contributed by atoms with Crippen molar-refractivity contribution in [2.75, 3.05) is 19.8 Å². The highest BCUT2D eigenvalue weighted by atomic mass is 32.2. The fourth-order valence-electron chi connectivity index (χ4n) is 1.36. The van der Waals surface area contributed by atoms with Gasteiger partial charge in [-0.3, -0.25) is 9.69 Å². The largest absolute Gasteiger partial charge is 0.480 e. The zero-order chi connectivity index (χ0) is 9.14. The van der Waals surface area contributed by atoms with E-state index in [0.717, 1.165) is 5.75 Å². The standard InChI is InChI=1S/C8H13NO2S/c1-9(2)7(8(10)11)6-3-4-12-5-6/h3-4,6-7H,5H2,1-2H3,(H,10,11). The van der Waals surface area contributed by atoms with Crippen LogP contribution in [0.4, 0.5) is 0 Å². The number of thioether (sulfide) groups is 1. The second-order valence-corrected chi connectivity index (χ2v) is 4.01. The van der Waals surface area contributed by atoms with Crippen LogP contribution in [0.2, 0.25) is 0 Å². The van der Waals surface area contributed by atoms with Crippen LogP contribution in [0.3, 0.4) is 0 Å². The number of hydrogen-bond donors (Lipinski definition) is 1. The van der Waals surface area contributed by atoms with E-state index in [0.29, 0.717) is 0 Å². The van der Waals surface area contributed by atoms with E-state index in [-0.39, 0.29) is 12.0 Å². The number of aliphatic carboxylic acids is 1. The van der Waals surface area contributed by atoms with E-state index < -0.39 is 5.97 Å². The van der Waals surface area contributed by atoms with Crippen molar-refractivity contribution in [1.82, 2.24) is 4.90 Å². The van der Waals surface area contributed by atoms with E-state index in [9.17, 15) is 4.79 Å². The molecule has 0 radical (unpaired) electrons. The molecule has 0 bridgehead atoms. The van der Waals surface area contributed by atoms with Crippen LogP contribution >= 0.6 is 11.8 Å². The monoisotopic (exact) mass is 187 g/mol. The van der Waals surface area contributed by atoms with Crippen LogP contribution in [0.15, 0.2) is 11.5 Å². The van der Waals surface area contributed by atoms with Crippen molar-refractivity contribution in [3.05, 3.63) is 11.5 Å². The molecule has 3 nitrogen and oxygen atoms in total. The number of carboxylic acid groups (broad SMARTS) is 1. The molecule has 1 heterocycles. The van der Waals surface area contributed by atoms with Crippen molar-refractivity contribution >= 4 is 17.7 Å². The summed E-state index contributed by atoms with van der Waals surface area (Å²) in [5.74, 6) is 0.300. The zero-order valence-corrected chi connectivity index (χ0v) is 8.04. The molecule has 0 aromatic carbocycles. The summed E-state index contributed by atoms with van der Waals surface area (Å²) in [4.78, 5) is 12.6. The third kappa shape index (κ3) is 2.01. The molecule has 0 aromatic rings. The van der Waals surface area contributed by atoms with Crippen molar-refractivity contribution < 1.29 is 9.90 Å². The summed E-state index contributed by atoms with van der Waals surface area (Å²) in [5.41, 5.74) is 0. The summed E-state index contributed by atoms with van der Waals surface area (Å²) in [6, 6.07) is -0.378. The normalized spacial score (nSPS) is 24.8. The molecule has 4 heteroatoms. The number of nitrogens with zero attached hydrogens (tertiary/aromatic N) is 1. The van der Waals surface area contributed by atoms with Gasteiger partial charge in [0.25, 0.3) is 0 Å². The Balaban J connectivity index is 2.65. The van der Waals surface area contributed by atoms with E-state index in [1.54, 1.807) is 30.8 Å². The number of carboxylic acids is 1. The molecule has 0 amide bonds. The maximum atomic E-state index is 10.8. The highest BCUT2D eigenvalue weighted by Crippen LogP contribution is 2.25. The van der Waals surface area contributed by atoms with Crippen LogP contribution in [0.5, 0.6) is 0 Å². The number of rotatable bonds is 3. The van der Waals surface area contributed by atoms with Gasteiger partial charge >= 0.3 is 5.97 Å². The highest BCUT2D eigenvalue weighted by molar-refractivity contribution is 8.02. The first kappa shape index (κ1) is 9.61. The Kier molecular flexibility index (Phi) is 3.17. The Labute approximate surface area is 76.4 Å². The second-order valence-electron chi connectivity index (χ2n) is 3.07. The van der Waals surface area contributed by atoms with Gasteiger partial charge in [0.1, 0.15) is 6.04 Å². The number of hydrogen-bond acceptors (Lipinski definition) is 3. The van der Waals surface area contributed by atoms with Crippen LogP contribution in [-0.2, 0) is 4.79 Å². The maximum absolute atomic E-state index is 10.8. The number of carbonyl (C=O) groups is 1. The van der Waals surface area contributed by atoms with Gasteiger partial charge in [-0.15, -0.1) is 11.8 Å². The van der Waals surface area contributed by atoms with E-state index in [1.807, 2.05) is 11.5 Å². The van der Waals surface area contributed by atoms with E-state index in [4.69, 9.17) is 5.11 Å². The minimum atomic E-state index is -0.739. The van der Waals surface area contributed by atoms with Crippen molar-refractivity contribution in [1.29, 1.82) is 0 Å². The van der Waals surface area contributed by atoms with Crippen molar-refractivity contribution in [3.8, 4) is 0 Å². The maximum Gasteiger partial charge on any atom is 0.321 e. The van der Waals surface area contributed by atoms with Gasteiger partial charge in [0.05, 0.1) is 0 Å². The first-order chi connectivity index (χ1) is 5.63. The first-order valence-corrected chi connectivity index (χ1v) is 4.85. The molecule has 0 fully saturated rings. The lowest BCUT2D eigenvalue weighted by Gasteiger charge is -2.24. The topological polar surface area (TPSA) is 40.5 Å². The zero-order valence-electron chi connectivity index (χ0n) is 7.23. The Morgan fingerprint density at radius 3 is 2.75 bits per heavy atom. The third-order valence-electron chi connectivity index (χ3n) is 1.93. The Hall–Kier alpha value is -0.480. The lowest BCUT2D eigenvalue weighted by molar-refractivity contribution is -0.143. The molecule has 1 N–H and O–H groups in total. The van der Waals surface area contributed by atoms with Crippen LogP contribution < -0.4 is 0 Å². The van der Waals surface area contributed by atoms with Gasteiger partial charge in [-0.1, -0.05) is 6.08 Å². The SMILES string of the molecule is CN(C)C(C(=O)O)C1C=CSC1. The third-order valence-corrected chi connectivity index (χ3v) is 2.85. The average molecular weight is 187 g/mol. The first-order valence-electron chi connectivity index (χ1n) is 3.80. The van der Waals surface area contributed by atoms with Gasteiger partial charge < -0.3 is 5.11 Å². The van der Waals surface area contributed by atoms with Crippen LogP contribution in [0.1, 0.15) is 0 Å². The van der Waals surface area contributed by atoms with Gasteiger partial charge in [-0.05, 0) is 19.5 Å². The van der Waals surface area contributed by atoms with Gasteiger partial charge in [0.15, 0.2) is 0 Å². The van der Waals surface area contributed by atoms with Gasteiger partial charge in [-0.2, -0.15) is 0 Å². The fourth-order valence-corrected chi connectivity index (χ4v) is 2.30. The van der Waals surface area contributed by atoms with Gasteiger partial charge in [-0.25, -0.2) is 0 Å². The molecule has 0 saturated carbocycles. The average Bonchev–Trinajstić information content (AvgIpc) is 2.37. The molecular formula is C8H13NO2S. The summed E-state index contributed by atoms with van der Waals surface area (Å²) in [6.07, 6.45) is 1.98. The molecule has 0 aliphatic carbocycles. The molecule has 2 unspecified atom stereocenters. The molecule has 0 spiro atoms. The Morgan fingerprint density at radius 2 is 2.42 bits per heavy atom. The molecule has 2 atom stereocenters. The minimum absolute atomic E-state index is 0.155. The lowest BCUT2D eigenvalue weighted by atomic mass is 10.0. The molecule has 1 rings (SSSR count). The molecule has 1 aliphatic rings. The number of likely N-dealkylation sites (N-methyl/N-ethyl adjacent to an activating group) is 1. The molecule has 0 aromatic heterocycles. The molecule has 68 valence electrons. The highest BCUT2D eigenvalue weighted by Gasteiger charge is 2.29. The van der Waals surface area contributed by atoms with Crippen molar-refractivity contribution in [2.45, 2.75) is 6.04 Å². The van der Waals surface area contributed by atoms with E-state index in [1.165, 1.54) is 0 Å². The van der Waals surface area contributed by atoms with Gasteiger partial charge in [0, 0.05) is 11.7 Å². The van der Waals surface area contributed by atoms with Crippen LogP contribution in [-0.4, -0.2) is 41.9 Å². The summed E-state index contributed by atoms with van der Waals surface area (Å²) in [7, 11) is 3.60. The van der Waals surface area contributed by atoms with Crippen molar-refractivity contribution in [2.24, 2.45) is 5.92 Å².